The summed E-state index contributed by atoms with van der Waals surface area (Å²) in [5.41, 5.74) is 0. The molecule has 0 bridgehead atoms. The number of hydrogen-bond acceptors (Lipinski definition) is 3. The van der Waals surface area contributed by atoms with E-state index in [0.29, 0.717) is 5.09 Å². The Labute approximate surface area is 31.1 Å². The molecule has 4 nitrogen and oxygen atoms in total. The van der Waals surface area contributed by atoms with Crippen LogP contribution in [0.3, 0.4) is 0 Å². The summed E-state index contributed by atoms with van der Waals surface area (Å²) in [5, 5.41) is 9.69. The van der Waals surface area contributed by atoms with Gasteiger partial charge >= 0.3 is 0 Å². The van der Waals surface area contributed by atoms with Crippen LogP contribution in [0, 0.1) is 0 Å². The highest BCUT2D eigenvalue weighted by molar-refractivity contribution is 4.24. The molecule has 1 aromatic heterocycles. The van der Waals surface area contributed by atoms with Crippen molar-refractivity contribution >= 4 is 0 Å². The molecule has 0 fully saturated rings. The van der Waals surface area contributed by atoms with Gasteiger partial charge in [-0.3, -0.25) is 0 Å². The van der Waals surface area contributed by atoms with Crippen LogP contribution in [0.2, 0.25) is 1.41 Å². The first kappa shape index (κ1) is 1.04. The average Bonchev–Trinajstić information content (AvgIpc) is 1.91. The lowest BCUT2D eigenvalue weighted by molar-refractivity contribution is 0.881. The summed E-state index contributed by atoms with van der Waals surface area (Å²) in [6.45, 7) is 0. The van der Waals surface area contributed by atoms with Crippen LogP contribution in [-0.2, 0) is 0 Å². The van der Waals surface area contributed by atoms with Crippen molar-refractivity contribution in [1.82, 2.24) is 20.6 Å². The van der Waals surface area contributed by atoms with Crippen molar-refractivity contribution in [3.63, 3.8) is 0 Å². The zero-order valence-electron chi connectivity index (χ0n) is 4.29. The van der Waals surface area contributed by atoms with Crippen molar-refractivity contribution in [2.24, 2.45) is 0 Å². The molecule has 4 heteroatoms. The van der Waals surface area contributed by atoms with Gasteiger partial charge in [-0.15, -0.1) is 5.10 Å². The summed E-state index contributed by atoms with van der Waals surface area (Å²) in [4.78, 5) is 0. The molecule has 1 rings (SSSR count). The SMILES string of the molecule is [2H]c1nnnn1[2H]. The third-order valence-electron chi connectivity index (χ3n) is 0.219. The number of rotatable bonds is 0. The van der Waals surface area contributed by atoms with Gasteiger partial charge in [-0.1, -0.05) is 0 Å². The monoisotopic (exact) mass is 72.0 g/mol. The van der Waals surface area contributed by atoms with Crippen LogP contribution in [0.25, 0.3) is 0 Å². The van der Waals surface area contributed by atoms with Crippen LogP contribution in [-0.4, -0.2) is 20.6 Å². The Morgan fingerprint density at radius 3 is 3.40 bits per heavy atom. The van der Waals surface area contributed by atoms with Crippen LogP contribution >= 0.6 is 0 Å². The summed E-state index contributed by atoms with van der Waals surface area (Å²) >= 11 is 0. The second kappa shape index (κ2) is 0.794. The minimum Gasteiger partial charge on any atom is -0.246 e. The summed E-state index contributed by atoms with van der Waals surface area (Å²) in [6.07, 6.45) is -0.250. The first-order valence-electron chi connectivity index (χ1n) is 1.99. The van der Waals surface area contributed by atoms with E-state index >= 15 is 0 Å². The van der Waals surface area contributed by atoms with E-state index in [9.17, 15) is 0 Å². The minimum absolute atomic E-state index is 0.250. The maximum Gasteiger partial charge on any atom is 0.193 e. The van der Waals surface area contributed by atoms with Crippen molar-refractivity contribution in [2.75, 3.05) is 0 Å². The second-order valence-electron chi connectivity index (χ2n) is 0.479. The highest BCUT2D eigenvalue weighted by Crippen LogP contribution is 1.43. The van der Waals surface area contributed by atoms with Crippen LogP contribution in [0.15, 0.2) is 6.30 Å². The van der Waals surface area contributed by atoms with Gasteiger partial charge in [-0.05, 0) is 10.4 Å². The molecule has 0 saturated carbocycles. The quantitative estimate of drug-likeness (QED) is 0.436. The van der Waals surface area contributed by atoms with Gasteiger partial charge in [0.05, 0.1) is 0 Å². The van der Waals surface area contributed by atoms with Gasteiger partial charge in [-0.2, -0.15) is 0 Å². The molecular formula is CH2N4. The lowest BCUT2D eigenvalue weighted by Gasteiger charge is -1.42. The van der Waals surface area contributed by atoms with Gasteiger partial charge in [0.2, 0.25) is 0 Å². The topological polar surface area (TPSA) is 54.5 Å². The predicted molar refractivity (Wildman–Crippen MR) is 14.2 cm³/mol. The van der Waals surface area contributed by atoms with E-state index in [1.807, 2.05) is 0 Å². The Morgan fingerprint density at radius 1 is 2.20 bits per heavy atom. The molecule has 0 aliphatic rings. The Morgan fingerprint density at radius 2 is 3.20 bits per heavy atom. The van der Waals surface area contributed by atoms with E-state index < -0.39 is 0 Å². The second-order valence-corrected chi connectivity index (χ2v) is 0.479. The lowest BCUT2D eigenvalue weighted by Crippen LogP contribution is -1.64. The van der Waals surface area contributed by atoms with Gasteiger partial charge in [0, 0.05) is 0 Å². The lowest BCUT2D eigenvalue weighted by atomic mass is 11.4. The van der Waals surface area contributed by atoms with Gasteiger partial charge in [0.15, 0.2) is 1.41 Å². The molecule has 0 spiro atoms. The fourth-order valence-corrected chi connectivity index (χ4v) is 0.100. The number of hydrogen-bond donors (Lipinski definition) is 1. The van der Waals surface area contributed by atoms with E-state index in [-0.39, 0.29) is 6.30 Å². The molecule has 1 aromatic rings. The van der Waals surface area contributed by atoms with Crippen LogP contribution in [0.4, 0.5) is 0 Å². The first-order valence-corrected chi connectivity index (χ1v) is 1.05. The fourth-order valence-electron chi connectivity index (χ4n) is 0.100. The van der Waals surface area contributed by atoms with Crippen molar-refractivity contribution in [1.29, 1.82) is 0 Å². The molecule has 0 unspecified atom stereocenters. The molecule has 0 aromatic carbocycles. The fraction of sp³-hybridized carbons (Fsp3) is 0. The van der Waals surface area contributed by atoms with Gasteiger partial charge in [0.1, 0.15) is 7.67 Å². The predicted octanol–water partition coefficient (Wildman–Crippen LogP) is -0.800. The molecule has 0 saturated heterocycles. The molecule has 0 atom stereocenters. The van der Waals surface area contributed by atoms with Crippen LogP contribution < -0.4 is 0 Å². The zero-order chi connectivity index (χ0) is 5.28. The smallest absolute Gasteiger partial charge is 0.193 e. The molecule has 1 N–H and O–H groups in total. The third kappa shape index (κ3) is 0.212. The summed E-state index contributed by atoms with van der Waals surface area (Å²) in [7, 11) is 0. The molecular weight excluding hydrogens is 68.0 g/mol. The van der Waals surface area contributed by atoms with Crippen molar-refractivity contribution in [3.05, 3.63) is 6.30 Å². The standard InChI is InChI=1S/CH2N4/c1-2-4-5-3-1/h1H,(H,2,3,4,5)/i1D/hD. The van der Waals surface area contributed by atoms with E-state index in [0.717, 1.165) is 0 Å². The molecule has 1 heterocycles. The molecule has 0 amide bonds. The molecule has 5 heavy (non-hydrogen) atoms. The average molecular weight is 72.1 g/mol. The number of aromatic nitrogens is 4. The van der Waals surface area contributed by atoms with Gasteiger partial charge in [0.25, 0.3) is 0 Å². The molecule has 26 valence electrons. The largest absolute Gasteiger partial charge is 0.246 e. The highest BCUT2D eigenvalue weighted by atomic mass is 15.5. The van der Waals surface area contributed by atoms with E-state index in [1.165, 1.54) is 0 Å². The first-order chi connectivity index (χ1) is 3.30. The highest BCUT2D eigenvalue weighted by Gasteiger charge is 1.58. The molecule has 0 radical (unpaired) electrons. The van der Waals surface area contributed by atoms with Gasteiger partial charge < -0.3 is 0 Å². The number of H-pyrrole nitrogens is 1. The number of tetrazole rings is 1. The maximum atomic E-state index is 6.64. The normalized spacial score (nSPS) is 13.6. The van der Waals surface area contributed by atoms with Crippen LogP contribution in [0.1, 0.15) is 1.37 Å². The molecule has 0 aliphatic heterocycles. The summed E-state index contributed by atoms with van der Waals surface area (Å²) in [5.74, 6) is 0. The van der Waals surface area contributed by atoms with Gasteiger partial charge in [-0.25, -0.2) is 5.09 Å². The molecule has 0 aliphatic carbocycles. The van der Waals surface area contributed by atoms with Crippen LogP contribution in [0.5, 0.6) is 0 Å². The van der Waals surface area contributed by atoms with Crippen molar-refractivity contribution < 1.29 is 2.78 Å². The van der Waals surface area contributed by atoms with E-state index in [4.69, 9.17) is 2.78 Å². The maximum absolute atomic E-state index is 6.64. The Balaban J connectivity index is 3.12. The summed E-state index contributed by atoms with van der Waals surface area (Å²) in [6, 6.07) is 0. The number of nitrogens with one attached hydrogen (secondary N) is 1. The van der Waals surface area contributed by atoms with E-state index in [1.54, 1.807) is 0 Å². The van der Waals surface area contributed by atoms with Crippen molar-refractivity contribution in [3.8, 4) is 0 Å². The third-order valence-corrected chi connectivity index (χ3v) is 0.219. The Hall–Kier alpha value is -0.930. The number of nitrogens with zero attached hydrogens (tertiary/aromatic N) is 3. The Bertz CT molecular complexity index is 142. The van der Waals surface area contributed by atoms with Crippen molar-refractivity contribution in [2.45, 2.75) is 0 Å². The van der Waals surface area contributed by atoms with E-state index in [2.05, 4.69) is 15.5 Å². The summed E-state index contributed by atoms with van der Waals surface area (Å²) < 4.78 is 13.2. The Kier molecular flexibility index (Phi) is 0.165. The number of aromatic amines is 1. The zero-order valence-corrected chi connectivity index (χ0v) is 2.29. The minimum atomic E-state index is -0.250.